The van der Waals surface area contributed by atoms with E-state index in [-0.39, 0.29) is 15.6 Å². The van der Waals surface area contributed by atoms with Crippen LogP contribution in [0.15, 0.2) is 18.2 Å². The number of hydrogen-bond acceptors (Lipinski definition) is 2. The van der Waals surface area contributed by atoms with Gasteiger partial charge in [-0.1, -0.05) is 23.2 Å². The molecule has 1 aromatic carbocycles. The number of carboxylic acid groups (broad SMARTS) is 1. The SMILES string of the molecule is [2H]C([2H])(C(=O)O)C([2H])([2H])C(=O)c1ccc(Cl)c(Cl)c1. The fraction of sp³-hybridized carbons (Fsp3) is 0.200. The molecule has 1 rings (SSSR count). The van der Waals surface area contributed by atoms with E-state index >= 15 is 0 Å². The second kappa shape index (κ2) is 5.14. The van der Waals surface area contributed by atoms with Gasteiger partial charge in [-0.3, -0.25) is 9.59 Å². The summed E-state index contributed by atoms with van der Waals surface area (Å²) in [5.74, 6) is -3.38. The summed E-state index contributed by atoms with van der Waals surface area (Å²) >= 11 is 11.3. The van der Waals surface area contributed by atoms with E-state index in [0.717, 1.165) is 12.1 Å². The molecule has 0 fully saturated rings. The Kier molecular flexibility index (Phi) is 2.49. The first-order valence-electron chi connectivity index (χ1n) is 5.75. The van der Waals surface area contributed by atoms with Crippen LogP contribution in [-0.2, 0) is 4.79 Å². The van der Waals surface area contributed by atoms with E-state index in [0.29, 0.717) is 0 Å². The number of Topliss-reactive ketones (excluding diaryl/α,β-unsaturated/α-hetero) is 1. The van der Waals surface area contributed by atoms with Gasteiger partial charge < -0.3 is 5.11 Å². The average Bonchev–Trinajstić information content (AvgIpc) is 2.31. The summed E-state index contributed by atoms with van der Waals surface area (Å²) in [4.78, 5) is 22.6. The Labute approximate surface area is 102 Å². The summed E-state index contributed by atoms with van der Waals surface area (Å²) in [6, 6.07) is 3.44. The lowest BCUT2D eigenvalue weighted by molar-refractivity contribution is -0.136. The molecular weight excluding hydrogens is 239 g/mol. The van der Waals surface area contributed by atoms with Gasteiger partial charge in [0.05, 0.1) is 16.4 Å². The zero-order valence-corrected chi connectivity index (χ0v) is 8.76. The van der Waals surface area contributed by atoms with Gasteiger partial charge in [-0.15, -0.1) is 0 Å². The van der Waals surface area contributed by atoms with Crippen molar-refractivity contribution in [2.45, 2.75) is 12.7 Å². The first-order chi connectivity index (χ1) is 8.51. The third kappa shape index (κ3) is 3.53. The molecule has 0 aliphatic heterocycles. The zero-order valence-electron chi connectivity index (χ0n) is 11.3. The van der Waals surface area contributed by atoms with Gasteiger partial charge in [0.2, 0.25) is 0 Å². The Hall–Kier alpha value is -1.06. The van der Waals surface area contributed by atoms with Crippen molar-refractivity contribution in [1.29, 1.82) is 0 Å². The number of rotatable bonds is 4. The molecule has 0 spiro atoms. The molecule has 0 radical (unpaired) electrons. The van der Waals surface area contributed by atoms with Crippen molar-refractivity contribution in [2.75, 3.05) is 0 Å². The van der Waals surface area contributed by atoms with Gasteiger partial charge in [0.25, 0.3) is 0 Å². The van der Waals surface area contributed by atoms with Gasteiger partial charge in [0.15, 0.2) is 5.78 Å². The molecular formula is C10H8Cl2O3. The van der Waals surface area contributed by atoms with Crippen LogP contribution in [0.5, 0.6) is 0 Å². The third-order valence-corrected chi connectivity index (χ3v) is 2.20. The Bertz CT molecular complexity index is 546. The lowest BCUT2D eigenvalue weighted by atomic mass is 10.1. The minimum atomic E-state index is -3.36. The van der Waals surface area contributed by atoms with Gasteiger partial charge in [0.1, 0.15) is 0 Å². The molecule has 15 heavy (non-hydrogen) atoms. The monoisotopic (exact) mass is 250 g/mol. The van der Waals surface area contributed by atoms with Gasteiger partial charge in [-0.05, 0) is 18.2 Å². The Morgan fingerprint density at radius 3 is 2.47 bits per heavy atom. The van der Waals surface area contributed by atoms with Crippen molar-refractivity contribution in [2.24, 2.45) is 0 Å². The quantitative estimate of drug-likeness (QED) is 0.836. The second-order valence-corrected chi connectivity index (χ2v) is 3.33. The molecule has 0 saturated heterocycles. The Balaban J connectivity index is 3.25. The highest BCUT2D eigenvalue weighted by atomic mass is 35.5. The molecule has 0 amide bonds. The minimum absolute atomic E-state index is 0.0146. The molecule has 0 heterocycles. The van der Waals surface area contributed by atoms with Crippen molar-refractivity contribution in [1.82, 2.24) is 0 Å². The van der Waals surface area contributed by atoms with Crippen molar-refractivity contribution in [3.8, 4) is 0 Å². The van der Waals surface area contributed by atoms with E-state index < -0.39 is 24.5 Å². The number of carboxylic acids is 1. The molecule has 5 heteroatoms. The summed E-state index contributed by atoms with van der Waals surface area (Å²) in [5, 5.41) is 8.78. The maximum atomic E-state index is 11.9. The van der Waals surface area contributed by atoms with E-state index in [9.17, 15) is 9.59 Å². The lowest BCUT2D eigenvalue weighted by Crippen LogP contribution is -2.03. The number of hydrogen-bond donors (Lipinski definition) is 1. The number of halogens is 2. The molecule has 0 aromatic heterocycles. The maximum absolute atomic E-state index is 11.9. The van der Waals surface area contributed by atoms with Crippen LogP contribution in [0.1, 0.15) is 28.6 Å². The molecule has 3 nitrogen and oxygen atoms in total. The van der Waals surface area contributed by atoms with E-state index in [4.69, 9.17) is 33.8 Å². The van der Waals surface area contributed by atoms with Crippen molar-refractivity contribution >= 4 is 35.0 Å². The normalized spacial score (nSPS) is 15.9. The molecule has 0 bridgehead atoms. The molecule has 0 unspecified atom stereocenters. The highest BCUT2D eigenvalue weighted by Gasteiger charge is 2.09. The van der Waals surface area contributed by atoms with Crippen molar-refractivity contribution < 1.29 is 20.2 Å². The van der Waals surface area contributed by atoms with Crippen LogP contribution < -0.4 is 0 Å². The van der Waals surface area contributed by atoms with E-state index in [2.05, 4.69) is 0 Å². The molecule has 1 aromatic rings. The summed E-state index contributed by atoms with van der Waals surface area (Å²) in [5.41, 5.74) is -0.260. The van der Waals surface area contributed by atoms with Crippen LogP contribution in [0, 0.1) is 0 Å². The molecule has 1 N–H and O–H groups in total. The first kappa shape index (κ1) is 7.25. The molecule has 80 valence electrons. The predicted molar refractivity (Wildman–Crippen MR) is 57.7 cm³/mol. The van der Waals surface area contributed by atoms with E-state index in [1.54, 1.807) is 0 Å². The predicted octanol–water partition coefficient (Wildman–Crippen LogP) is 3.04. The highest BCUT2D eigenvalue weighted by Crippen LogP contribution is 2.23. The van der Waals surface area contributed by atoms with Gasteiger partial charge in [-0.25, -0.2) is 0 Å². The van der Waals surface area contributed by atoms with Gasteiger partial charge in [0, 0.05) is 17.4 Å². The highest BCUT2D eigenvalue weighted by molar-refractivity contribution is 6.42. The third-order valence-electron chi connectivity index (χ3n) is 1.46. The molecule has 0 saturated carbocycles. The topological polar surface area (TPSA) is 54.4 Å². The number of aliphatic carboxylic acids is 1. The fourth-order valence-corrected chi connectivity index (χ4v) is 1.12. The summed E-state index contributed by atoms with van der Waals surface area (Å²) in [6.07, 6.45) is -6.60. The van der Waals surface area contributed by atoms with Crippen molar-refractivity contribution in [3.05, 3.63) is 33.8 Å². The van der Waals surface area contributed by atoms with Crippen LogP contribution in [0.4, 0.5) is 0 Å². The van der Waals surface area contributed by atoms with Crippen LogP contribution in [0.3, 0.4) is 0 Å². The lowest BCUT2D eigenvalue weighted by Gasteiger charge is -2.01. The van der Waals surface area contributed by atoms with E-state index in [1.165, 1.54) is 6.07 Å². The van der Waals surface area contributed by atoms with Crippen LogP contribution in [0.25, 0.3) is 0 Å². The Morgan fingerprint density at radius 2 is 1.93 bits per heavy atom. The fourth-order valence-electron chi connectivity index (χ4n) is 0.820. The number of carbonyl (C=O) groups excluding carboxylic acids is 1. The zero-order chi connectivity index (χ0) is 15.0. The van der Waals surface area contributed by atoms with Gasteiger partial charge in [-0.2, -0.15) is 0 Å². The largest absolute Gasteiger partial charge is 0.481 e. The molecule has 0 atom stereocenters. The first-order valence-corrected chi connectivity index (χ1v) is 4.50. The summed E-state index contributed by atoms with van der Waals surface area (Å²) < 4.78 is 29.2. The van der Waals surface area contributed by atoms with Crippen molar-refractivity contribution in [3.63, 3.8) is 0 Å². The summed E-state index contributed by atoms with van der Waals surface area (Å²) in [6.45, 7) is 0. The van der Waals surface area contributed by atoms with Gasteiger partial charge >= 0.3 is 5.97 Å². The Morgan fingerprint density at radius 1 is 1.27 bits per heavy atom. The average molecular weight is 251 g/mol. The standard InChI is InChI=1S/C10H8Cl2O3/c11-7-2-1-6(5-8(7)12)9(13)3-4-10(14)15/h1-2,5H,3-4H2,(H,14,15)/i3D2,4D2. The number of benzene rings is 1. The maximum Gasteiger partial charge on any atom is 0.303 e. The second-order valence-electron chi connectivity index (χ2n) is 2.51. The molecule has 0 aliphatic carbocycles. The van der Waals surface area contributed by atoms with E-state index in [1.807, 2.05) is 0 Å². The number of carbonyl (C=O) groups is 2. The van der Waals surface area contributed by atoms with Crippen LogP contribution >= 0.6 is 23.2 Å². The summed E-state index contributed by atoms with van der Waals surface area (Å²) in [7, 11) is 0. The molecule has 0 aliphatic rings. The number of ketones is 1. The van der Waals surface area contributed by atoms with Crippen LogP contribution in [0.2, 0.25) is 10.0 Å². The minimum Gasteiger partial charge on any atom is -0.481 e. The smallest absolute Gasteiger partial charge is 0.303 e. The van der Waals surface area contributed by atoms with Crippen LogP contribution in [-0.4, -0.2) is 16.9 Å².